The second-order valence-corrected chi connectivity index (χ2v) is 8.48. The van der Waals surface area contributed by atoms with Gasteiger partial charge in [0.25, 0.3) is 0 Å². The normalized spacial score (nSPS) is 15.6. The molecule has 182 valence electrons. The Hall–Kier alpha value is -4.11. The summed E-state index contributed by atoms with van der Waals surface area (Å²) >= 11 is 5.94. The van der Waals surface area contributed by atoms with E-state index in [0.717, 1.165) is 12.1 Å². The van der Waals surface area contributed by atoms with Gasteiger partial charge in [0.05, 0.1) is 36.2 Å². The molecule has 1 N–H and O–H groups in total. The van der Waals surface area contributed by atoms with Crippen LogP contribution in [0.1, 0.15) is 17.2 Å². The van der Waals surface area contributed by atoms with Crippen molar-refractivity contribution in [3.63, 3.8) is 0 Å². The lowest BCUT2D eigenvalue weighted by atomic mass is 10.0. The summed E-state index contributed by atoms with van der Waals surface area (Å²) < 4.78 is 45.2. The number of benzene rings is 3. The first-order valence-electron chi connectivity index (χ1n) is 10.9. The van der Waals surface area contributed by atoms with Crippen LogP contribution in [-0.2, 0) is 6.18 Å². The van der Waals surface area contributed by atoms with Crippen LogP contribution in [0.3, 0.4) is 0 Å². The molecule has 1 saturated heterocycles. The van der Waals surface area contributed by atoms with E-state index >= 15 is 0 Å². The van der Waals surface area contributed by atoms with E-state index in [1.54, 1.807) is 36.4 Å². The fourth-order valence-electron chi connectivity index (χ4n) is 3.85. The van der Waals surface area contributed by atoms with Crippen molar-refractivity contribution >= 4 is 23.4 Å². The van der Waals surface area contributed by atoms with Gasteiger partial charge in [0.2, 0.25) is 0 Å². The highest BCUT2D eigenvalue weighted by molar-refractivity contribution is 6.30. The highest BCUT2D eigenvalue weighted by atomic mass is 35.5. The number of nitrogens with zero attached hydrogens (tertiary/aromatic N) is 3. The van der Waals surface area contributed by atoms with Crippen molar-refractivity contribution in [3.05, 3.63) is 101 Å². The number of hydrogen-bond donors (Lipinski definition) is 1. The van der Waals surface area contributed by atoms with Gasteiger partial charge in [-0.1, -0.05) is 35.9 Å². The molecule has 10 heteroatoms. The second-order valence-electron chi connectivity index (χ2n) is 8.05. The van der Waals surface area contributed by atoms with E-state index in [2.05, 4.69) is 15.3 Å². The zero-order valence-electron chi connectivity index (χ0n) is 18.5. The standard InChI is InChI=1S/C26H18ClF3N4O2/c27-18-8-10-19(11-9-18)36-23-7-2-1-6-20(23)21-13-32-24(14-31-21)34-15-22(33-25(34)35)16-4-3-5-17(12-16)26(28,29)30/h1-14,22H,15H2,(H,33,35). The topological polar surface area (TPSA) is 67.4 Å². The number of carbonyl (C=O) groups is 1. The smallest absolute Gasteiger partial charge is 0.416 e. The molecule has 1 unspecified atom stereocenters. The molecule has 0 aliphatic carbocycles. The van der Waals surface area contributed by atoms with Crippen molar-refractivity contribution in [2.24, 2.45) is 0 Å². The van der Waals surface area contributed by atoms with Gasteiger partial charge in [-0.25, -0.2) is 9.78 Å². The lowest BCUT2D eigenvalue weighted by Crippen LogP contribution is -2.28. The molecule has 2 heterocycles. The van der Waals surface area contributed by atoms with Gasteiger partial charge in [0.15, 0.2) is 5.82 Å². The summed E-state index contributed by atoms with van der Waals surface area (Å²) in [6.45, 7) is 0.116. The van der Waals surface area contributed by atoms with Crippen molar-refractivity contribution in [1.29, 1.82) is 0 Å². The lowest BCUT2D eigenvalue weighted by molar-refractivity contribution is -0.137. The number of halogens is 4. The lowest BCUT2D eigenvalue weighted by Gasteiger charge is -2.15. The molecule has 0 radical (unpaired) electrons. The third kappa shape index (κ3) is 4.96. The number of carbonyl (C=O) groups excluding carboxylic acids is 1. The van der Waals surface area contributed by atoms with Gasteiger partial charge in [-0.05, 0) is 54.1 Å². The van der Waals surface area contributed by atoms with Crippen LogP contribution >= 0.6 is 11.6 Å². The van der Waals surface area contributed by atoms with Gasteiger partial charge in [-0.3, -0.25) is 9.88 Å². The number of rotatable bonds is 5. The quantitative estimate of drug-likeness (QED) is 0.318. The zero-order chi connectivity index (χ0) is 25.3. The van der Waals surface area contributed by atoms with Gasteiger partial charge < -0.3 is 10.1 Å². The van der Waals surface area contributed by atoms with Gasteiger partial charge in [-0.15, -0.1) is 0 Å². The molecular weight excluding hydrogens is 493 g/mol. The van der Waals surface area contributed by atoms with E-state index in [-0.39, 0.29) is 12.4 Å². The Bertz CT molecular complexity index is 1400. The van der Waals surface area contributed by atoms with Gasteiger partial charge >= 0.3 is 12.2 Å². The van der Waals surface area contributed by atoms with Crippen molar-refractivity contribution in [2.45, 2.75) is 12.2 Å². The fraction of sp³-hybridized carbons (Fsp3) is 0.115. The molecule has 3 aromatic carbocycles. The molecule has 2 amide bonds. The van der Waals surface area contributed by atoms with Crippen LogP contribution in [0.25, 0.3) is 11.3 Å². The maximum absolute atomic E-state index is 13.1. The number of urea groups is 1. The largest absolute Gasteiger partial charge is 0.457 e. The molecule has 1 aliphatic rings. The molecular formula is C26H18ClF3N4O2. The zero-order valence-corrected chi connectivity index (χ0v) is 19.3. The summed E-state index contributed by atoms with van der Waals surface area (Å²) in [5, 5.41) is 3.30. The molecule has 1 aliphatic heterocycles. The van der Waals surface area contributed by atoms with E-state index in [1.807, 2.05) is 18.2 Å². The molecule has 6 nitrogen and oxygen atoms in total. The van der Waals surface area contributed by atoms with E-state index in [9.17, 15) is 18.0 Å². The van der Waals surface area contributed by atoms with E-state index in [4.69, 9.17) is 16.3 Å². The number of hydrogen-bond acceptors (Lipinski definition) is 4. The number of ether oxygens (including phenoxy) is 1. The number of para-hydroxylation sites is 1. The Morgan fingerprint density at radius 1 is 0.972 bits per heavy atom. The molecule has 4 aromatic rings. The van der Waals surface area contributed by atoms with Crippen LogP contribution in [0.15, 0.2) is 85.2 Å². The third-order valence-corrected chi connectivity index (χ3v) is 5.90. The van der Waals surface area contributed by atoms with Gasteiger partial charge in [0, 0.05) is 10.6 Å². The minimum atomic E-state index is -4.47. The van der Waals surface area contributed by atoms with Gasteiger partial charge in [0.1, 0.15) is 11.5 Å². The summed E-state index contributed by atoms with van der Waals surface area (Å²) in [6, 6.07) is 18.1. The first-order chi connectivity index (χ1) is 17.3. The SMILES string of the molecule is O=C1NC(c2cccc(C(F)(F)F)c2)CN1c1cnc(-c2ccccc2Oc2ccc(Cl)cc2)cn1. The van der Waals surface area contributed by atoms with Crippen LogP contribution in [0.2, 0.25) is 5.02 Å². The molecule has 0 saturated carbocycles. The predicted molar refractivity (Wildman–Crippen MR) is 129 cm³/mol. The second kappa shape index (κ2) is 9.50. The predicted octanol–water partition coefficient (Wildman–Crippen LogP) is 6.88. The van der Waals surface area contributed by atoms with Crippen molar-refractivity contribution in [1.82, 2.24) is 15.3 Å². The van der Waals surface area contributed by atoms with Crippen LogP contribution < -0.4 is 15.0 Å². The Kier molecular flexibility index (Phi) is 6.24. The maximum atomic E-state index is 13.1. The van der Waals surface area contributed by atoms with E-state index in [0.29, 0.717) is 33.3 Å². The summed E-state index contributed by atoms with van der Waals surface area (Å²) in [6.07, 6.45) is -1.50. The average Bonchev–Trinajstić information content (AvgIpc) is 3.27. The Labute approximate surface area is 209 Å². The van der Waals surface area contributed by atoms with Crippen LogP contribution in [-0.4, -0.2) is 22.5 Å². The molecule has 0 bridgehead atoms. The van der Waals surface area contributed by atoms with Crippen LogP contribution in [0.5, 0.6) is 11.5 Å². The van der Waals surface area contributed by atoms with Crippen LogP contribution in [0.4, 0.5) is 23.8 Å². The average molecular weight is 511 g/mol. The molecule has 0 spiro atoms. The van der Waals surface area contributed by atoms with Crippen LogP contribution in [0, 0.1) is 0 Å². The molecule has 1 atom stereocenters. The summed E-state index contributed by atoms with van der Waals surface area (Å²) in [7, 11) is 0. The van der Waals surface area contributed by atoms with E-state index < -0.39 is 23.8 Å². The Morgan fingerprint density at radius 2 is 1.75 bits per heavy atom. The fourth-order valence-corrected chi connectivity index (χ4v) is 3.98. The first kappa shape index (κ1) is 23.6. The monoisotopic (exact) mass is 510 g/mol. The van der Waals surface area contributed by atoms with E-state index in [1.165, 1.54) is 23.4 Å². The third-order valence-electron chi connectivity index (χ3n) is 5.64. The summed E-state index contributed by atoms with van der Waals surface area (Å²) in [5.74, 6) is 1.44. The molecule has 36 heavy (non-hydrogen) atoms. The first-order valence-corrected chi connectivity index (χ1v) is 11.3. The molecule has 1 aromatic heterocycles. The number of amides is 2. The Morgan fingerprint density at radius 3 is 2.47 bits per heavy atom. The van der Waals surface area contributed by atoms with Crippen molar-refractivity contribution in [3.8, 4) is 22.8 Å². The number of alkyl halides is 3. The van der Waals surface area contributed by atoms with Gasteiger partial charge in [-0.2, -0.15) is 13.2 Å². The molecule has 1 fully saturated rings. The summed E-state index contributed by atoms with van der Waals surface area (Å²) in [5.41, 5.74) is 0.812. The Balaban J connectivity index is 1.35. The summed E-state index contributed by atoms with van der Waals surface area (Å²) in [4.78, 5) is 22.8. The highest BCUT2D eigenvalue weighted by Gasteiger charge is 2.35. The minimum absolute atomic E-state index is 0.116. The highest BCUT2D eigenvalue weighted by Crippen LogP contribution is 2.34. The minimum Gasteiger partial charge on any atom is -0.457 e. The number of aromatic nitrogens is 2. The molecule has 5 rings (SSSR count). The van der Waals surface area contributed by atoms with Crippen molar-refractivity contribution in [2.75, 3.05) is 11.4 Å². The van der Waals surface area contributed by atoms with Crippen molar-refractivity contribution < 1.29 is 22.7 Å². The number of anilines is 1. The maximum Gasteiger partial charge on any atom is 0.416 e. The number of nitrogens with one attached hydrogen (secondary N) is 1.